The first kappa shape index (κ1) is 18.0. The highest BCUT2D eigenvalue weighted by Crippen LogP contribution is 2.83. The zero-order valence-electron chi connectivity index (χ0n) is 16.3. The number of rotatable bonds is 7. The molecule has 1 aliphatic heterocycles. The minimum absolute atomic E-state index is 0.255. The van der Waals surface area contributed by atoms with Crippen molar-refractivity contribution in [2.75, 3.05) is 6.54 Å². The molecule has 3 N–H and O–H groups in total. The van der Waals surface area contributed by atoms with Gasteiger partial charge in [-0.25, -0.2) is 5.48 Å². The second kappa shape index (κ2) is 7.07. The second-order valence-electron chi connectivity index (χ2n) is 9.31. The number of allylic oxidation sites excluding steroid dienone is 9. The Hall–Kier alpha value is -2.07. The lowest BCUT2D eigenvalue weighted by atomic mass is 9.83. The van der Waals surface area contributed by atoms with Gasteiger partial charge in [-0.15, -0.1) is 0 Å². The van der Waals surface area contributed by atoms with Crippen molar-refractivity contribution in [2.45, 2.75) is 38.5 Å². The standard InChI is InChI=1S/C24H30N2O2/c27-23(26-28)12-9-16-5-7-17(8-6-16)13-24-14-21(24)20(24)11-10-18-15-25-22-4-2-1-3-19(18)22/h1-2,4-5,7-9,12,16,18-21,25,28H,3,6,10-11,13-15H2,(H,26,27)/b12-9+/t16?,18?,19?,20?,21-,24+/m1/s1. The Morgan fingerprint density at radius 1 is 1.36 bits per heavy atom. The average molecular weight is 379 g/mol. The third kappa shape index (κ3) is 3.28. The van der Waals surface area contributed by atoms with Crippen molar-refractivity contribution < 1.29 is 10.0 Å². The molecule has 4 heteroatoms. The third-order valence-corrected chi connectivity index (χ3v) is 7.83. The highest BCUT2D eigenvalue weighted by atomic mass is 16.5. The van der Waals surface area contributed by atoms with Crippen LogP contribution in [0.15, 0.2) is 59.9 Å². The molecule has 4 aliphatic carbocycles. The average Bonchev–Trinajstić information content (AvgIpc) is 3.52. The number of carbonyl (C=O) groups excluding carboxylic acids is 1. The summed E-state index contributed by atoms with van der Waals surface area (Å²) in [5, 5.41) is 12.2. The maximum Gasteiger partial charge on any atom is 0.267 e. The Bertz CT molecular complexity index is 805. The third-order valence-electron chi connectivity index (χ3n) is 7.83. The molecule has 5 aliphatic rings. The van der Waals surface area contributed by atoms with Crippen LogP contribution in [0.4, 0.5) is 0 Å². The molecular weight excluding hydrogens is 348 g/mol. The summed E-state index contributed by atoms with van der Waals surface area (Å²) in [4.78, 5) is 11.1. The summed E-state index contributed by atoms with van der Waals surface area (Å²) in [6.07, 6.45) is 24.5. The van der Waals surface area contributed by atoms with Gasteiger partial charge in [0, 0.05) is 24.2 Å². The Labute approximate surface area is 167 Å². The van der Waals surface area contributed by atoms with Gasteiger partial charge in [0.1, 0.15) is 0 Å². The van der Waals surface area contributed by atoms with Gasteiger partial charge in [-0.1, -0.05) is 42.0 Å². The van der Waals surface area contributed by atoms with Crippen LogP contribution in [-0.4, -0.2) is 17.7 Å². The van der Waals surface area contributed by atoms with Gasteiger partial charge in [-0.3, -0.25) is 10.0 Å². The van der Waals surface area contributed by atoms with E-state index in [0.717, 1.165) is 30.1 Å². The molecule has 0 aromatic heterocycles. The van der Waals surface area contributed by atoms with Crippen LogP contribution in [0, 0.1) is 35.0 Å². The zero-order valence-corrected chi connectivity index (χ0v) is 16.3. The normalized spacial score (nSPS) is 39.7. The summed E-state index contributed by atoms with van der Waals surface area (Å²) in [6.45, 7) is 1.17. The van der Waals surface area contributed by atoms with E-state index in [2.05, 4.69) is 41.8 Å². The van der Waals surface area contributed by atoms with Crippen LogP contribution in [0.5, 0.6) is 0 Å². The first-order valence-corrected chi connectivity index (χ1v) is 10.8. The van der Waals surface area contributed by atoms with E-state index in [1.807, 2.05) is 6.08 Å². The molecule has 2 saturated carbocycles. The molecule has 6 atom stereocenters. The van der Waals surface area contributed by atoms with E-state index >= 15 is 0 Å². The monoisotopic (exact) mass is 378 g/mol. The molecule has 0 spiro atoms. The molecule has 1 amide bonds. The van der Waals surface area contributed by atoms with Gasteiger partial charge < -0.3 is 5.32 Å². The second-order valence-corrected chi connectivity index (χ2v) is 9.31. The first-order valence-electron chi connectivity index (χ1n) is 10.8. The lowest BCUT2D eigenvalue weighted by Gasteiger charge is -2.21. The molecule has 28 heavy (non-hydrogen) atoms. The highest BCUT2D eigenvalue weighted by Gasteiger charge is 2.76. The van der Waals surface area contributed by atoms with Crippen molar-refractivity contribution in [1.29, 1.82) is 0 Å². The van der Waals surface area contributed by atoms with Crippen molar-refractivity contribution in [1.82, 2.24) is 10.8 Å². The predicted molar refractivity (Wildman–Crippen MR) is 109 cm³/mol. The fraction of sp³-hybridized carbons (Fsp3) is 0.542. The Morgan fingerprint density at radius 3 is 3.07 bits per heavy atom. The maximum absolute atomic E-state index is 11.1. The largest absolute Gasteiger partial charge is 0.388 e. The van der Waals surface area contributed by atoms with Crippen LogP contribution in [0.3, 0.4) is 0 Å². The molecule has 4 unspecified atom stereocenters. The van der Waals surface area contributed by atoms with Gasteiger partial charge >= 0.3 is 0 Å². The molecule has 148 valence electrons. The number of fused-ring (bicyclic) bond motifs is 2. The quantitative estimate of drug-likeness (QED) is 0.356. The Morgan fingerprint density at radius 2 is 2.29 bits per heavy atom. The molecular formula is C24H30N2O2. The fourth-order valence-corrected chi connectivity index (χ4v) is 5.93. The SMILES string of the molecule is O=C(/C=C/C1C=CC(C[C@@]23C[C@@H]2C3CCC2CNC3=CC=CCC32)=CC1)NO. The Kier molecular flexibility index (Phi) is 4.54. The van der Waals surface area contributed by atoms with Crippen LogP contribution >= 0.6 is 0 Å². The number of nitrogens with one attached hydrogen (secondary N) is 2. The number of amides is 1. The summed E-state index contributed by atoms with van der Waals surface area (Å²) in [6, 6.07) is 0. The van der Waals surface area contributed by atoms with Crippen molar-refractivity contribution in [3.05, 3.63) is 59.9 Å². The minimum atomic E-state index is -0.465. The Balaban J connectivity index is 1.08. The van der Waals surface area contributed by atoms with Gasteiger partial charge in [-0.2, -0.15) is 0 Å². The molecule has 1 heterocycles. The number of hydroxylamine groups is 1. The van der Waals surface area contributed by atoms with Crippen LogP contribution in [0.1, 0.15) is 38.5 Å². The summed E-state index contributed by atoms with van der Waals surface area (Å²) >= 11 is 0. The maximum atomic E-state index is 11.1. The molecule has 0 aromatic carbocycles. The molecule has 1 saturated heterocycles. The summed E-state index contributed by atoms with van der Waals surface area (Å²) in [5.41, 5.74) is 5.22. The van der Waals surface area contributed by atoms with Crippen molar-refractivity contribution in [3.63, 3.8) is 0 Å². The first-order chi connectivity index (χ1) is 13.7. The van der Waals surface area contributed by atoms with Gasteiger partial charge in [0.25, 0.3) is 5.91 Å². The van der Waals surface area contributed by atoms with E-state index in [9.17, 15) is 4.79 Å². The van der Waals surface area contributed by atoms with Gasteiger partial charge in [0.15, 0.2) is 0 Å². The van der Waals surface area contributed by atoms with Crippen LogP contribution < -0.4 is 10.8 Å². The van der Waals surface area contributed by atoms with Crippen molar-refractivity contribution in [2.24, 2.45) is 35.0 Å². The number of hydrogen-bond donors (Lipinski definition) is 3. The molecule has 0 aromatic rings. The van der Waals surface area contributed by atoms with Gasteiger partial charge in [0.2, 0.25) is 0 Å². The molecule has 5 rings (SSSR count). The van der Waals surface area contributed by atoms with Crippen LogP contribution in [0.25, 0.3) is 0 Å². The van der Waals surface area contributed by atoms with Gasteiger partial charge in [0.05, 0.1) is 0 Å². The molecule has 0 bridgehead atoms. The van der Waals surface area contributed by atoms with E-state index in [0.29, 0.717) is 5.41 Å². The fourth-order valence-electron chi connectivity index (χ4n) is 5.93. The summed E-state index contributed by atoms with van der Waals surface area (Å²) in [5.74, 6) is 3.31. The minimum Gasteiger partial charge on any atom is -0.388 e. The molecule has 3 fully saturated rings. The van der Waals surface area contributed by atoms with Crippen molar-refractivity contribution in [3.8, 4) is 0 Å². The van der Waals surface area contributed by atoms with Crippen LogP contribution in [-0.2, 0) is 4.79 Å². The number of hydrogen-bond acceptors (Lipinski definition) is 3. The van der Waals surface area contributed by atoms with Crippen molar-refractivity contribution >= 4 is 5.91 Å². The lowest BCUT2D eigenvalue weighted by Crippen LogP contribution is -2.15. The van der Waals surface area contributed by atoms with E-state index in [1.54, 1.807) is 5.48 Å². The molecule has 4 nitrogen and oxygen atoms in total. The summed E-state index contributed by atoms with van der Waals surface area (Å²) < 4.78 is 0. The highest BCUT2D eigenvalue weighted by molar-refractivity contribution is 5.86. The number of carbonyl (C=O) groups is 1. The smallest absolute Gasteiger partial charge is 0.267 e. The van der Waals surface area contributed by atoms with E-state index in [-0.39, 0.29) is 5.92 Å². The van der Waals surface area contributed by atoms with E-state index in [1.165, 1.54) is 56.0 Å². The van der Waals surface area contributed by atoms with Gasteiger partial charge in [-0.05, 0) is 73.7 Å². The summed E-state index contributed by atoms with van der Waals surface area (Å²) in [7, 11) is 0. The molecule has 0 radical (unpaired) electrons. The predicted octanol–water partition coefficient (Wildman–Crippen LogP) is 4.04. The topological polar surface area (TPSA) is 61.4 Å². The lowest BCUT2D eigenvalue weighted by molar-refractivity contribution is -0.124. The zero-order chi connectivity index (χ0) is 19.1. The van der Waals surface area contributed by atoms with E-state index < -0.39 is 5.91 Å². The van der Waals surface area contributed by atoms with Crippen LogP contribution in [0.2, 0.25) is 0 Å². The van der Waals surface area contributed by atoms with E-state index in [4.69, 9.17) is 5.21 Å².